The highest BCUT2D eigenvalue weighted by Crippen LogP contribution is 2.36. The van der Waals surface area contributed by atoms with Crippen LogP contribution in [0.1, 0.15) is 82.3 Å². The summed E-state index contributed by atoms with van der Waals surface area (Å²) >= 11 is 0. The van der Waals surface area contributed by atoms with Crippen LogP contribution in [0.4, 0.5) is 0 Å². The van der Waals surface area contributed by atoms with Gasteiger partial charge in [0, 0.05) is 12.3 Å². The highest BCUT2D eigenvalue weighted by molar-refractivity contribution is 4.97. The van der Waals surface area contributed by atoms with E-state index in [0.717, 1.165) is 49.9 Å². The molecule has 0 saturated heterocycles. The first-order chi connectivity index (χ1) is 9.83. The van der Waals surface area contributed by atoms with Gasteiger partial charge in [-0.1, -0.05) is 31.3 Å². The van der Waals surface area contributed by atoms with Gasteiger partial charge in [-0.05, 0) is 51.0 Å². The molecule has 0 amide bonds. The number of unbranched alkanes of at least 4 members (excludes halogenated alkanes) is 2. The molecule has 1 aliphatic carbocycles. The van der Waals surface area contributed by atoms with Crippen molar-refractivity contribution in [2.45, 2.75) is 77.0 Å². The van der Waals surface area contributed by atoms with Crippen molar-refractivity contribution in [1.29, 1.82) is 0 Å². The van der Waals surface area contributed by atoms with E-state index in [9.17, 15) is 0 Å². The van der Waals surface area contributed by atoms with E-state index in [2.05, 4.69) is 17.1 Å². The summed E-state index contributed by atoms with van der Waals surface area (Å²) in [6.45, 7) is 3.05. The van der Waals surface area contributed by atoms with Crippen molar-refractivity contribution in [3.8, 4) is 0 Å². The zero-order valence-electron chi connectivity index (χ0n) is 12.8. The Hall–Kier alpha value is -0.900. The summed E-state index contributed by atoms with van der Waals surface area (Å²) in [7, 11) is 0. The molecule has 0 spiro atoms. The molecule has 1 saturated carbocycles. The molecule has 0 bridgehead atoms. The average molecular weight is 279 g/mol. The maximum absolute atomic E-state index is 5.49. The van der Waals surface area contributed by atoms with Crippen molar-refractivity contribution in [3.63, 3.8) is 0 Å². The van der Waals surface area contributed by atoms with Crippen LogP contribution in [0.5, 0.6) is 0 Å². The van der Waals surface area contributed by atoms with Crippen molar-refractivity contribution in [2.24, 2.45) is 11.7 Å². The van der Waals surface area contributed by atoms with Crippen LogP contribution in [-0.4, -0.2) is 16.7 Å². The molecular formula is C16H29N3O. The van der Waals surface area contributed by atoms with Gasteiger partial charge in [0.15, 0.2) is 5.82 Å². The van der Waals surface area contributed by atoms with E-state index in [-0.39, 0.29) is 0 Å². The van der Waals surface area contributed by atoms with Crippen LogP contribution in [0.2, 0.25) is 0 Å². The SMILES string of the molecule is CCCC1CCC(c2noc(CCCCCN)n2)CC1. The fraction of sp³-hybridized carbons (Fsp3) is 0.875. The first kappa shape index (κ1) is 15.5. The normalized spacial score (nSPS) is 23.1. The van der Waals surface area contributed by atoms with Gasteiger partial charge in [-0.3, -0.25) is 0 Å². The third kappa shape index (κ3) is 4.58. The first-order valence-corrected chi connectivity index (χ1v) is 8.36. The van der Waals surface area contributed by atoms with Gasteiger partial charge in [0.05, 0.1) is 0 Å². The summed E-state index contributed by atoms with van der Waals surface area (Å²) in [6.07, 6.45) is 12.1. The Morgan fingerprint density at radius 2 is 1.95 bits per heavy atom. The van der Waals surface area contributed by atoms with Gasteiger partial charge in [0.25, 0.3) is 0 Å². The molecule has 0 radical (unpaired) electrons. The minimum absolute atomic E-state index is 0.532. The van der Waals surface area contributed by atoms with Crippen LogP contribution in [0.25, 0.3) is 0 Å². The van der Waals surface area contributed by atoms with Crippen molar-refractivity contribution in [2.75, 3.05) is 6.54 Å². The number of nitrogens with zero attached hydrogens (tertiary/aromatic N) is 2. The number of aromatic nitrogens is 2. The molecular weight excluding hydrogens is 250 g/mol. The molecule has 20 heavy (non-hydrogen) atoms. The number of hydrogen-bond acceptors (Lipinski definition) is 4. The zero-order valence-corrected chi connectivity index (χ0v) is 12.8. The first-order valence-electron chi connectivity index (χ1n) is 8.36. The molecule has 1 aromatic rings. The minimum Gasteiger partial charge on any atom is -0.339 e. The molecule has 114 valence electrons. The highest BCUT2D eigenvalue weighted by Gasteiger charge is 2.25. The topological polar surface area (TPSA) is 64.9 Å². The van der Waals surface area contributed by atoms with Crippen LogP contribution in [0.15, 0.2) is 4.52 Å². The Balaban J connectivity index is 1.75. The Morgan fingerprint density at radius 3 is 2.65 bits per heavy atom. The zero-order chi connectivity index (χ0) is 14.2. The molecule has 1 aromatic heterocycles. The van der Waals surface area contributed by atoms with Crippen LogP contribution >= 0.6 is 0 Å². The fourth-order valence-electron chi connectivity index (χ4n) is 3.25. The van der Waals surface area contributed by atoms with Crippen LogP contribution in [0, 0.1) is 5.92 Å². The predicted octanol–water partition coefficient (Wildman–Crippen LogP) is 3.82. The maximum atomic E-state index is 5.49. The van der Waals surface area contributed by atoms with Gasteiger partial charge >= 0.3 is 0 Å². The van der Waals surface area contributed by atoms with Crippen molar-refractivity contribution < 1.29 is 4.52 Å². The van der Waals surface area contributed by atoms with E-state index in [1.165, 1.54) is 38.5 Å². The van der Waals surface area contributed by atoms with E-state index >= 15 is 0 Å². The summed E-state index contributed by atoms with van der Waals surface area (Å²) < 4.78 is 5.38. The molecule has 0 unspecified atom stereocenters. The lowest BCUT2D eigenvalue weighted by molar-refractivity contribution is 0.294. The molecule has 0 aliphatic heterocycles. The van der Waals surface area contributed by atoms with Gasteiger partial charge < -0.3 is 10.3 Å². The fourth-order valence-corrected chi connectivity index (χ4v) is 3.25. The van der Waals surface area contributed by atoms with Crippen molar-refractivity contribution >= 4 is 0 Å². The number of nitrogens with two attached hydrogens (primary N) is 1. The third-order valence-electron chi connectivity index (χ3n) is 4.49. The second-order valence-corrected chi connectivity index (χ2v) is 6.15. The Labute approximate surface area is 122 Å². The van der Waals surface area contributed by atoms with E-state index < -0.39 is 0 Å². The van der Waals surface area contributed by atoms with Gasteiger partial charge in [-0.2, -0.15) is 4.98 Å². The van der Waals surface area contributed by atoms with E-state index in [0.29, 0.717) is 5.92 Å². The molecule has 0 atom stereocenters. The molecule has 2 N–H and O–H groups in total. The minimum atomic E-state index is 0.532. The second kappa shape index (κ2) is 8.40. The largest absolute Gasteiger partial charge is 0.339 e. The lowest BCUT2D eigenvalue weighted by Crippen LogP contribution is -2.14. The van der Waals surface area contributed by atoms with Crippen LogP contribution < -0.4 is 5.73 Å². The van der Waals surface area contributed by atoms with Gasteiger partial charge in [-0.25, -0.2) is 0 Å². The smallest absolute Gasteiger partial charge is 0.226 e. The number of rotatable bonds is 8. The van der Waals surface area contributed by atoms with Gasteiger partial charge in [-0.15, -0.1) is 0 Å². The van der Waals surface area contributed by atoms with Crippen LogP contribution in [0.3, 0.4) is 0 Å². The lowest BCUT2D eigenvalue weighted by Gasteiger charge is -2.26. The molecule has 1 heterocycles. The van der Waals surface area contributed by atoms with E-state index in [1.54, 1.807) is 0 Å². The lowest BCUT2D eigenvalue weighted by atomic mass is 9.80. The summed E-state index contributed by atoms with van der Waals surface area (Å²) in [5.74, 6) is 3.23. The van der Waals surface area contributed by atoms with Crippen molar-refractivity contribution in [3.05, 3.63) is 11.7 Å². The Bertz CT molecular complexity index is 370. The summed E-state index contributed by atoms with van der Waals surface area (Å²) in [5, 5.41) is 4.20. The van der Waals surface area contributed by atoms with Crippen LogP contribution in [-0.2, 0) is 6.42 Å². The maximum Gasteiger partial charge on any atom is 0.226 e. The number of aryl methyl sites for hydroxylation is 1. The summed E-state index contributed by atoms with van der Waals surface area (Å²) in [6, 6.07) is 0. The summed E-state index contributed by atoms with van der Waals surface area (Å²) in [5.41, 5.74) is 5.49. The molecule has 1 fully saturated rings. The average Bonchev–Trinajstić information content (AvgIpc) is 2.94. The Morgan fingerprint density at radius 1 is 1.15 bits per heavy atom. The third-order valence-corrected chi connectivity index (χ3v) is 4.49. The molecule has 1 aliphatic rings. The van der Waals surface area contributed by atoms with Crippen molar-refractivity contribution in [1.82, 2.24) is 10.1 Å². The Kier molecular flexibility index (Phi) is 6.51. The monoisotopic (exact) mass is 279 g/mol. The molecule has 4 heteroatoms. The molecule has 4 nitrogen and oxygen atoms in total. The highest BCUT2D eigenvalue weighted by atomic mass is 16.5. The van der Waals surface area contributed by atoms with E-state index in [4.69, 9.17) is 10.3 Å². The quantitative estimate of drug-likeness (QED) is 0.735. The second-order valence-electron chi connectivity index (χ2n) is 6.15. The molecule has 2 rings (SSSR count). The summed E-state index contributed by atoms with van der Waals surface area (Å²) in [4.78, 5) is 4.59. The van der Waals surface area contributed by atoms with Gasteiger partial charge in [0.2, 0.25) is 5.89 Å². The standard InChI is InChI=1S/C16H29N3O/c1-2-6-13-8-10-14(11-9-13)16-18-15(20-19-16)7-4-3-5-12-17/h13-14H,2-12,17H2,1H3. The van der Waals surface area contributed by atoms with E-state index in [1.807, 2.05) is 0 Å². The molecule has 0 aromatic carbocycles. The predicted molar refractivity (Wildman–Crippen MR) is 80.5 cm³/mol. The number of hydrogen-bond donors (Lipinski definition) is 1. The van der Waals surface area contributed by atoms with Gasteiger partial charge in [0.1, 0.15) is 0 Å².